The molecule has 0 aliphatic carbocycles. The number of carbonyl (C=O) groups excluding carboxylic acids is 1. The Balaban J connectivity index is 1.80. The summed E-state index contributed by atoms with van der Waals surface area (Å²) in [6.45, 7) is 7.67. The number of methoxy groups -OCH3 is 1. The van der Waals surface area contributed by atoms with E-state index in [1.807, 2.05) is 36.9 Å². The van der Waals surface area contributed by atoms with Crippen LogP contribution in [0.5, 0.6) is 5.75 Å². The Hall–Kier alpha value is -1.63. The smallest absolute Gasteiger partial charge is 0.254 e. The van der Waals surface area contributed by atoms with Crippen LogP contribution >= 0.6 is 0 Å². The van der Waals surface area contributed by atoms with Gasteiger partial charge in [0.05, 0.1) is 25.9 Å². The largest absolute Gasteiger partial charge is 0.497 e. The Kier molecular flexibility index (Phi) is 7.02. The molecule has 0 aromatic heterocycles. The summed E-state index contributed by atoms with van der Waals surface area (Å²) in [6.07, 6.45) is -0.370. The zero-order valence-electron chi connectivity index (χ0n) is 14.8. The zero-order valence-corrected chi connectivity index (χ0v) is 14.8. The van der Waals surface area contributed by atoms with Crippen molar-refractivity contribution in [2.45, 2.75) is 26.1 Å². The van der Waals surface area contributed by atoms with Crippen LogP contribution in [0.1, 0.15) is 24.2 Å². The molecule has 1 aromatic carbocycles. The molecule has 6 heteroatoms. The first kappa shape index (κ1) is 18.7. The molecule has 1 unspecified atom stereocenters. The summed E-state index contributed by atoms with van der Waals surface area (Å²) in [5.74, 6) is 0.713. The zero-order chi connectivity index (χ0) is 17.5. The van der Waals surface area contributed by atoms with E-state index in [0.717, 1.165) is 13.1 Å². The Morgan fingerprint density at radius 3 is 2.58 bits per heavy atom. The Labute approximate surface area is 144 Å². The Bertz CT molecular complexity index is 528. The first-order valence-corrected chi connectivity index (χ1v) is 8.45. The van der Waals surface area contributed by atoms with Crippen molar-refractivity contribution in [1.82, 2.24) is 9.80 Å². The molecule has 6 nitrogen and oxygen atoms in total. The summed E-state index contributed by atoms with van der Waals surface area (Å²) in [7, 11) is 1.59. The molecular formula is C18H28N2O4. The van der Waals surface area contributed by atoms with E-state index in [4.69, 9.17) is 9.47 Å². The highest BCUT2D eigenvalue weighted by Crippen LogP contribution is 2.15. The van der Waals surface area contributed by atoms with E-state index in [1.165, 1.54) is 0 Å². The van der Waals surface area contributed by atoms with E-state index in [0.29, 0.717) is 37.6 Å². The van der Waals surface area contributed by atoms with Gasteiger partial charge in [-0.1, -0.05) is 6.07 Å². The number of benzene rings is 1. The van der Waals surface area contributed by atoms with Crippen LogP contribution < -0.4 is 4.74 Å². The molecule has 0 radical (unpaired) electrons. The molecule has 1 amide bonds. The summed E-state index contributed by atoms with van der Waals surface area (Å²) < 4.78 is 10.6. The second-order valence-corrected chi connectivity index (χ2v) is 6.36. The lowest BCUT2D eigenvalue weighted by molar-refractivity contribution is -0.0137. The van der Waals surface area contributed by atoms with Crippen LogP contribution in [0.3, 0.4) is 0 Å². The van der Waals surface area contributed by atoms with Crippen LogP contribution in [-0.4, -0.2) is 79.5 Å². The molecule has 1 aromatic rings. The SMILES string of the molecule is COc1cccc(C(=O)N2CCN(CC(O)COC(C)C)CC2)c1. The second-order valence-electron chi connectivity index (χ2n) is 6.36. The van der Waals surface area contributed by atoms with E-state index in [9.17, 15) is 9.90 Å². The maximum Gasteiger partial charge on any atom is 0.254 e. The summed E-state index contributed by atoms with van der Waals surface area (Å²) in [4.78, 5) is 16.6. The number of ether oxygens (including phenoxy) is 2. The number of β-amino-alcohol motifs (C(OH)–C–C–N with tert-alkyl or cyclic N) is 1. The van der Waals surface area contributed by atoms with Gasteiger partial charge in [-0.2, -0.15) is 0 Å². The first-order valence-electron chi connectivity index (χ1n) is 8.45. The number of hydrogen-bond donors (Lipinski definition) is 1. The van der Waals surface area contributed by atoms with Gasteiger partial charge in [-0.15, -0.1) is 0 Å². The van der Waals surface area contributed by atoms with Crippen molar-refractivity contribution in [1.29, 1.82) is 0 Å². The summed E-state index contributed by atoms with van der Waals surface area (Å²) in [5.41, 5.74) is 0.646. The number of piperazine rings is 1. The third kappa shape index (κ3) is 5.47. The van der Waals surface area contributed by atoms with Crippen LogP contribution in [0.25, 0.3) is 0 Å². The van der Waals surface area contributed by atoms with Gasteiger partial charge in [0, 0.05) is 38.3 Å². The van der Waals surface area contributed by atoms with Gasteiger partial charge in [0.25, 0.3) is 5.91 Å². The van der Waals surface area contributed by atoms with E-state index in [-0.39, 0.29) is 12.0 Å². The third-order valence-corrected chi connectivity index (χ3v) is 4.07. The minimum Gasteiger partial charge on any atom is -0.497 e. The standard InChI is InChI=1S/C18H28N2O4/c1-14(2)24-13-16(21)12-19-7-9-20(10-8-19)18(22)15-5-4-6-17(11-15)23-3/h4-6,11,14,16,21H,7-10,12-13H2,1-3H3. The van der Waals surface area contributed by atoms with Gasteiger partial charge < -0.3 is 19.5 Å². The minimum absolute atomic E-state index is 0.0252. The predicted octanol–water partition coefficient (Wildman–Crippen LogP) is 1.24. The van der Waals surface area contributed by atoms with Crippen LogP contribution in [-0.2, 0) is 4.74 Å². The molecule has 0 spiro atoms. The third-order valence-electron chi connectivity index (χ3n) is 4.07. The van der Waals surface area contributed by atoms with Crippen molar-refractivity contribution in [2.24, 2.45) is 0 Å². The van der Waals surface area contributed by atoms with Gasteiger partial charge in [0.1, 0.15) is 5.75 Å². The van der Waals surface area contributed by atoms with Crippen LogP contribution in [0, 0.1) is 0 Å². The van der Waals surface area contributed by atoms with Gasteiger partial charge in [-0.05, 0) is 32.0 Å². The van der Waals surface area contributed by atoms with Crippen molar-refractivity contribution in [2.75, 3.05) is 46.4 Å². The lowest BCUT2D eigenvalue weighted by atomic mass is 10.1. The van der Waals surface area contributed by atoms with E-state index >= 15 is 0 Å². The normalized spacial score (nSPS) is 17.1. The first-order chi connectivity index (χ1) is 11.5. The van der Waals surface area contributed by atoms with Gasteiger partial charge >= 0.3 is 0 Å². The molecule has 0 bridgehead atoms. The van der Waals surface area contributed by atoms with Gasteiger partial charge in [0.15, 0.2) is 0 Å². The predicted molar refractivity (Wildman–Crippen MR) is 92.4 cm³/mol. The highest BCUT2D eigenvalue weighted by Gasteiger charge is 2.23. The molecular weight excluding hydrogens is 308 g/mol. The second kappa shape index (κ2) is 9.01. The van der Waals surface area contributed by atoms with Crippen molar-refractivity contribution in [3.63, 3.8) is 0 Å². The van der Waals surface area contributed by atoms with Crippen LogP contribution in [0.2, 0.25) is 0 Å². The molecule has 1 atom stereocenters. The van der Waals surface area contributed by atoms with Gasteiger partial charge in [0.2, 0.25) is 0 Å². The Morgan fingerprint density at radius 2 is 1.96 bits per heavy atom. The number of amides is 1. The Morgan fingerprint density at radius 1 is 1.25 bits per heavy atom. The van der Waals surface area contributed by atoms with Crippen molar-refractivity contribution in [3.05, 3.63) is 29.8 Å². The monoisotopic (exact) mass is 336 g/mol. The summed E-state index contributed by atoms with van der Waals surface area (Å²) in [5, 5.41) is 10.00. The lowest BCUT2D eigenvalue weighted by Crippen LogP contribution is -2.50. The van der Waals surface area contributed by atoms with Crippen LogP contribution in [0.4, 0.5) is 0 Å². The average molecular weight is 336 g/mol. The van der Waals surface area contributed by atoms with E-state index < -0.39 is 6.10 Å². The quantitative estimate of drug-likeness (QED) is 0.812. The molecule has 1 heterocycles. The molecule has 2 rings (SSSR count). The number of nitrogens with zero attached hydrogens (tertiary/aromatic N) is 2. The van der Waals surface area contributed by atoms with Crippen LogP contribution in [0.15, 0.2) is 24.3 Å². The fourth-order valence-corrected chi connectivity index (χ4v) is 2.73. The van der Waals surface area contributed by atoms with Gasteiger partial charge in [-0.25, -0.2) is 0 Å². The highest BCUT2D eigenvalue weighted by atomic mass is 16.5. The number of aliphatic hydroxyl groups is 1. The molecule has 0 saturated carbocycles. The van der Waals surface area contributed by atoms with Crippen molar-refractivity contribution in [3.8, 4) is 5.75 Å². The molecule has 1 saturated heterocycles. The van der Waals surface area contributed by atoms with E-state index in [1.54, 1.807) is 13.2 Å². The lowest BCUT2D eigenvalue weighted by Gasteiger charge is -2.35. The number of hydrogen-bond acceptors (Lipinski definition) is 5. The van der Waals surface area contributed by atoms with Gasteiger partial charge in [-0.3, -0.25) is 9.69 Å². The molecule has 1 aliphatic rings. The number of carbonyl (C=O) groups is 1. The highest BCUT2D eigenvalue weighted by molar-refractivity contribution is 5.94. The fourth-order valence-electron chi connectivity index (χ4n) is 2.73. The molecule has 1 fully saturated rings. The average Bonchev–Trinajstić information content (AvgIpc) is 2.60. The molecule has 1 aliphatic heterocycles. The maximum atomic E-state index is 12.6. The topological polar surface area (TPSA) is 62.2 Å². The summed E-state index contributed by atoms with van der Waals surface area (Å²) in [6, 6.07) is 7.23. The molecule has 24 heavy (non-hydrogen) atoms. The van der Waals surface area contributed by atoms with Crippen molar-refractivity contribution < 1.29 is 19.4 Å². The van der Waals surface area contributed by atoms with E-state index in [2.05, 4.69) is 4.90 Å². The number of aliphatic hydroxyl groups excluding tert-OH is 1. The maximum absolute atomic E-state index is 12.6. The number of rotatable bonds is 7. The van der Waals surface area contributed by atoms with Crippen molar-refractivity contribution >= 4 is 5.91 Å². The minimum atomic E-state index is -0.493. The molecule has 134 valence electrons. The molecule has 1 N–H and O–H groups in total. The fraction of sp³-hybridized carbons (Fsp3) is 0.611. The summed E-state index contributed by atoms with van der Waals surface area (Å²) >= 11 is 0.